The Bertz CT molecular complexity index is 1650. The van der Waals surface area contributed by atoms with E-state index in [2.05, 4.69) is 69.6 Å². The Labute approximate surface area is 308 Å². The van der Waals surface area contributed by atoms with Crippen molar-refractivity contribution in [3.8, 4) is 6.57 Å². The van der Waals surface area contributed by atoms with E-state index in [1.807, 2.05) is 12.1 Å². The number of nitrogens with zero attached hydrogens (tertiary/aromatic N) is 2. The summed E-state index contributed by atoms with van der Waals surface area (Å²) in [6.07, 6.45) is 10.4. The van der Waals surface area contributed by atoms with Crippen LogP contribution in [0.4, 0.5) is 0 Å². The van der Waals surface area contributed by atoms with Crippen LogP contribution in [0.2, 0.25) is 0 Å². The molecule has 4 N–H and O–H groups in total. The van der Waals surface area contributed by atoms with Gasteiger partial charge in [0.05, 0.1) is 22.6 Å². The highest BCUT2D eigenvalue weighted by Gasteiger charge is 2.70. The molecule has 6 rings (SSSR count). The van der Waals surface area contributed by atoms with Gasteiger partial charge in [0.2, 0.25) is 0 Å². The third-order valence-corrected chi connectivity index (χ3v) is 17.8. The number of hydrogen-bond donors (Lipinski definition) is 3. The molecule has 8 nitrogen and oxygen atoms in total. The minimum absolute atomic E-state index is 0.0321. The number of nitrogens with two attached hydrogens (primary N) is 1. The van der Waals surface area contributed by atoms with Crippen LogP contribution in [-0.4, -0.2) is 80.2 Å². The van der Waals surface area contributed by atoms with Gasteiger partial charge in [-0.3, -0.25) is 0 Å². The number of benzene rings is 1. The average molecular weight is 722 g/mol. The highest BCUT2D eigenvalue weighted by atomic mass is 32.2. The molecule has 51 heavy (non-hydrogen) atoms. The van der Waals surface area contributed by atoms with Gasteiger partial charge in [0.25, 0.3) is 13.1 Å². The van der Waals surface area contributed by atoms with Gasteiger partial charge in [-0.1, -0.05) is 64.6 Å². The van der Waals surface area contributed by atoms with Crippen LogP contribution in [0.5, 0.6) is 0 Å². The zero-order chi connectivity index (χ0) is 37.2. The van der Waals surface area contributed by atoms with E-state index < -0.39 is 15.8 Å². The van der Waals surface area contributed by atoms with Crippen molar-refractivity contribution in [2.75, 3.05) is 44.2 Å². The van der Waals surface area contributed by atoms with Gasteiger partial charge < -0.3 is 21.1 Å². The number of carboxylic acids is 1. The van der Waals surface area contributed by atoms with E-state index in [9.17, 15) is 18.3 Å². The van der Waals surface area contributed by atoms with Gasteiger partial charge in [-0.15, -0.1) is 0 Å². The van der Waals surface area contributed by atoms with Gasteiger partial charge in [-0.25, -0.2) is 13.2 Å². The smallest absolute Gasteiger partial charge is 0.335 e. The molecule has 0 aromatic heterocycles. The molecule has 1 saturated heterocycles. The van der Waals surface area contributed by atoms with Crippen molar-refractivity contribution >= 4 is 21.4 Å². The van der Waals surface area contributed by atoms with Crippen molar-refractivity contribution in [2.24, 2.45) is 57.0 Å². The summed E-state index contributed by atoms with van der Waals surface area (Å²) in [6.45, 7) is 26.7. The topological polar surface area (TPSA) is 117 Å². The van der Waals surface area contributed by atoms with Gasteiger partial charge >= 0.3 is 5.97 Å². The molecule has 0 bridgehead atoms. The molecule has 3 saturated carbocycles. The van der Waals surface area contributed by atoms with Crippen molar-refractivity contribution in [3.63, 3.8) is 0 Å². The fourth-order valence-electron chi connectivity index (χ4n) is 13.2. The van der Waals surface area contributed by atoms with Crippen molar-refractivity contribution in [2.45, 2.75) is 105 Å². The largest absolute Gasteiger partial charge is 0.478 e. The second-order valence-electron chi connectivity index (χ2n) is 18.8. The minimum Gasteiger partial charge on any atom is -0.478 e. The van der Waals surface area contributed by atoms with E-state index >= 15 is 0 Å². The molecule has 1 heterocycles. The van der Waals surface area contributed by atoms with Crippen LogP contribution in [0.25, 0.3) is 10.4 Å². The molecule has 0 amide bonds. The summed E-state index contributed by atoms with van der Waals surface area (Å²) in [6, 6.07) is 7.54. The summed E-state index contributed by atoms with van der Waals surface area (Å²) < 4.78 is 24.1. The molecule has 4 fully saturated rings. The summed E-state index contributed by atoms with van der Waals surface area (Å²) in [7, 11) is -2.91. The van der Waals surface area contributed by atoms with E-state index in [0.29, 0.717) is 48.9 Å². The van der Waals surface area contributed by atoms with Crippen LogP contribution in [0.15, 0.2) is 30.3 Å². The maximum absolute atomic E-state index is 12.1. The summed E-state index contributed by atoms with van der Waals surface area (Å²) >= 11 is 0. The van der Waals surface area contributed by atoms with Gasteiger partial charge in [-0.05, 0) is 126 Å². The van der Waals surface area contributed by atoms with Crippen molar-refractivity contribution < 1.29 is 18.3 Å². The number of allylic oxidation sites excluding steroid dienone is 2. The van der Waals surface area contributed by atoms with Crippen LogP contribution in [-0.2, 0) is 9.84 Å². The van der Waals surface area contributed by atoms with E-state index in [1.54, 1.807) is 12.1 Å². The minimum atomic E-state index is -2.91. The first-order valence-electron chi connectivity index (χ1n) is 19.7. The summed E-state index contributed by atoms with van der Waals surface area (Å²) in [5, 5.41) is 13.5. The molecule has 9 heteroatoms. The van der Waals surface area contributed by atoms with Crippen LogP contribution < -0.4 is 11.1 Å². The highest BCUT2D eigenvalue weighted by molar-refractivity contribution is 7.91. The Morgan fingerprint density at radius 2 is 1.67 bits per heavy atom. The molecule has 282 valence electrons. The lowest BCUT2D eigenvalue weighted by Gasteiger charge is -2.72. The van der Waals surface area contributed by atoms with Crippen LogP contribution >= 0.6 is 0 Å². The standard InChI is InChI=1S/C42H64N4O4S/c1-28(29(2)43)36-33-13-14-35-39(5)17-15-32(30-9-11-31(12-10-30)37(47)48)38(3,4)34(39)16-18-41(35,7)40(33,6)19-20-42(36,27-44-8)45-21-22-46-23-25-51(49,50)26-24-46/h8-12,15,28-29,33-36,45H,13-14,16-27,43H2,1-7H3/p+1. The van der Waals surface area contributed by atoms with Crippen LogP contribution in [0.3, 0.4) is 0 Å². The van der Waals surface area contributed by atoms with Gasteiger partial charge in [-0.2, -0.15) is 0 Å². The molecule has 0 radical (unpaired) electrons. The first kappa shape index (κ1) is 38.5. The lowest BCUT2D eigenvalue weighted by atomic mass is 9.32. The molecular formula is C42H65N4O4S+. The Morgan fingerprint density at radius 3 is 2.27 bits per heavy atom. The van der Waals surface area contributed by atoms with Gasteiger partial charge in [0.15, 0.2) is 9.84 Å². The van der Waals surface area contributed by atoms with E-state index in [1.165, 1.54) is 31.3 Å². The first-order chi connectivity index (χ1) is 23.9. The molecule has 5 aliphatic rings. The summed E-state index contributed by atoms with van der Waals surface area (Å²) in [4.78, 5) is 18.2. The van der Waals surface area contributed by atoms with E-state index in [-0.39, 0.29) is 50.7 Å². The zero-order valence-corrected chi connectivity index (χ0v) is 33.2. The number of sulfone groups is 1. The van der Waals surface area contributed by atoms with Crippen LogP contribution in [0, 0.1) is 57.8 Å². The Balaban J connectivity index is 1.29. The number of aromatic carboxylic acids is 1. The molecular weight excluding hydrogens is 657 g/mol. The maximum Gasteiger partial charge on any atom is 0.335 e. The van der Waals surface area contributed by atoms with E-state index in [0.717, 1.165) is 37.9 Å². The normalized spacial score (nSPS) is 40.0. The Kier molecular flexibility index (Phi) is 10.2. The lowest BCUT2D eigenvalue weighted by molar-refractivity contribution is -0.224. The summed E-state index contributed by atoms with van der Waals surface area (Å²) in [5.41, 5.74) is 9.85. The fraction of sp³-hybridized carbons (Fsp3) is 0.762. The molecule has 10 unspecified atom stereocenters. The average Bonchev–Trinajstić information content (AvgIpc) is 3.06. The SMILES string of the molecule is C#[N+]CC1(NCCN2CCS(=O)(=O)CC2)CCC2(C)C(CCC3C4(C)CC=C(c5ccc(C(=O)O)cc5)C(C)(C)C4CCC32C)C1C(C)C(C)N. The predicted molar refractivity (Wildman–Crippen MR) is 208 cm³/mol. The Morgan fingerprint density at radius 1 is 1.00 bits per heavy atom. The number of carboxylic acid groups (broad SMARTS) is 1. The van der Waals surface area contributed by atoms with Gasteiger partial charge in [0.1, 0.15) is 0 Å². The monoisotopic (exact) mass is 721 g/mol. The first-order valence-corrected chi connectivity index (χ1v) is 21.5. The quantitative estimate of drug-likeness (QED) is 0.250. The second-order valence-corrected chi connectivity index (χ2v) is 21.1. The molecule has 0 spiro atoms. The molecule has 10 atom stereocenters. The van der Waals surface area contributed by atoms with Crippen molar-refractivity contribution in [1.82, 2.24) is 10.2 Å². The molecule has 1 aliphatic heterocycles. The molecule has 4 aliphatic carbocycles. The number of carbonyl (C=O) groups is 1. The predicted octanol–water partition coefficient (Wildman–Crippen LogP) is 7.07. The summed E-state index contributed by atoms with van der Waals surface area (Å²) in [5.74, 6) is 1.81. The number of rotatable bonds is 9. The third-order valence-electron chi connectivity index (χ3n) is 16.2. The second kappa shape index (κ2) is 13.6. The lowest BCUT2D eigenvalue weighted by Crippen LogP contribution is -2.70. The van der Waals surface area contributed by atoms with Crippen molar-refractivity contribution in [3.05, 3.63) is 46.3 Å². The van der Waals surface area contributed by atoms with Crippen LogP contribution in [0.1, 0.15) is 109 Å². The fourth-order valence-corrected chi connectivity index (χ4v) is 14.5. The van der Waals surface area contributed by atoms with E-state index in [4.69, 9.17) is 12.3 Å². The highest BCUT2D eigenvalue weighted by Crippen LogP contribution is 2.75. The van der Waals surface area contributed by atoms with Crippen molar-refractivity contribution in [1.29, 1.82) is 0 Å². The molecule has 1 aromatic rings. The zero-order valence-electron chi connectivity index (χ0n) is 32.4. The third kappa shape index (κ3) is 6.32. The van der Waals surface area contributed by atoms with Gasteiger partial charge in [0, 0.05) is 32.2 Å². The Hall–Kier alpha value is -2.25. The number of nitrogens with one attached hydrogen (secondary N) is 1. The maximum atomic E-state index is 12.1. The number of fused-ring (bicyclic) bond motifs is 5. The number of hydrogen-bond acceptors (Lipinski definition) is 6. The molecule has 1 aromatic carbocycles.